The van der Waals surface area contributed by atoms with Gasteiger partial charge in [0.05, 0.1) is 17.1 Å². The SMILES string of the molecule is Cc1ccc(NC2=NC(c3ccccc3)Cc3nc4ccccc4n32)cc1. The third-order valence-corrected chi connectivity index (χ3v) is 4.99. The van der Waals surface area contributed by atoms with Crippen molar-refractivity contribution in [2.75, 3.05) is 5.32 Å². The molecule has 4 nitrogen and oxygen atoms in total. The van der Waals surface area contributed by atoms with Gasteiger partial charge in [0.2, 0.25) is 5.96 Å². The average Bonchev–Trinajstić information content (AvgIpc) is 3.09. The number of anilines is 1. The van der Waals surface area contributed by atoms with Crippen molar-refractivity contribution in [1.29, 1.82) is 0 Å². The zero-order chi connectivity index (χ0) is 18.2. The molecule has 0 saturated heterocycles. The van der Waals surface area contributed by atoms with Gasteiger partial charge in [-0.25, -0.2) is 9.98 Å². The highest BCUT2D eigenvalue weighted by atomic mass is 15.3. The molecule has 0 fully saturated rings. The first-order valence-corrected chi connectivity index (χ1v) is 9.21. The lowest BCUT2D eigenvalue weighted by molar-refractivity contribution is 0.657. The fourth-order valence-corrected chi connectivity index (χ4v) is 3.59. The van der Waals surface area contributed by atoms with Crippen LogP contribution in [0.25, 0.3) is 11.0 Å². The predicted molar refractivity (Wildman–Crippen MR) is 110 cm³/mol. The standard InChI is InChI=1S/C23H20N4/c1-16-11-13-18(14-12-16)24-23-26-20(17-7-3-2-4-8-17)15-22-25-19-9-5-6-10-21(19)27(22)23/h2-14,20H,15H2,1H3,(H,24,26). The Morgan fingerprint density at radius 2 is 1.63 bits per heavy atom. The number of hydrogen-bond acceptors (Lipinski definition) is 3. The first-order valence-electron chi connectivity index (χ1n) is 9.21. The maximum atomic E-state index is 5.06. The Morgan fingerprint density at radius 3 is 2.44 bits per heavy atom. The number of imidazole rings is 1. The van der Waals surface area contributed by atoms with E-state index in [-0.39, 0.29) is 6.04 Å². The Bertz CT molecular complexity index is 1120. The zero-order valence-electron chi connectivity index (χ0n) is 15.1. The van der Waals surface area contributed by atoms with E-state index >= 15 is 0 Å². The molecule has 1 N–H and O–H groups in total. The molecular weight excluding hydrogens is 332 g/mol. The van der Waals surface area contributed by atoms with Crippen LogP contribution in [-0.2, 0) is 6.42 Å². The fourth-order valence-electron chi connectivity index (χ4n) is 3.59. The summed E-state index contributed by atoms with van der Waals surface area (Å²) in [4.78, 5) is 9.94. The second kappa shape index (κ2) is 6.40. The van der Waals surface area contributed by atoms with Crippen LogP contribution in [-0.4, -0.2) is 15.5 Å². The van der Waals surface area contributed by atoms with Crippen molar-refractivity contribution in [1.82, 2.24) is 9.55 Å². The summed E-state index contributed by atoms with van der Waals surface area (Å²) in [6.07, 6.45) is 0.789. The van der Waals surface area contributed by atoms with Gasteiger partial charge in [-0.1, -0.05) is 60.2 Å². The van der Waals surface area contributed by atoms with E-state index in [9.17, 15) is 0 Å². The number of para-hydroxylation sites is 2. The number of benzene rings is 3. The van der Waals surface area contributed by atoms with Crippen LogP contribution in [0, 0.1) is 6.92 Å². The highest BCUT2D eigenvalue weighted by Gasteiger charge is 2.25. The molecule has 4 aromatic rings. The van der Waals surface area contributed by atoms with Crippen molar-refractivity contribution >= 4 is 22.7 Å². The van der Waals surface area contributed by atoms with E-state index in [0.29, 0.717) is 0 Å². The van der Waals surface area contributed by atoms with Crippen LogP contribution in [0.2, 0.25) is 0 Å². The number of nitrogens with zero attached hydrogens (tertiary/aromatic N) is 3. The second-order valence-corrected chi connectivity index (χ2v) is 6.93. The molecule has 27 heavy (non-hydrogen) atoms. The van der Waals surface area contributed by atoms with Crippen molar-refractivity contribution in [3.05, 3.63) is 95.8 Å². The molecule has 1 unspecified atom stereocenters. The summed E-state index contributed by atoms with van der Waals surface area (Å²) in [6, 6.07) is 27.1. The monoisotopic (exact) mass is 352 g/mol. The van der Waals surface area contributed by atoms with E-state index in [0.717, 1.165) is 34.9 Å². The van der Waals surface area contributed by atoms with Gasteiger partial charge in [0.15, 0.2) is 0 Å². The van der Waals surface area contributed by atoms with E-state index in [2.05, 4.69) is 77.5 Å². The molecule has 1 aliphatic heterocycles. The van der Waals surface area contributed by atoms with Gasteiger partial charge in [0.1, 0.15) is 5.82 Å². The van der Waals surface area contributed by atoms with Crippen LogP contribution in [0.15, 0.2) is 83.9 Å². The molecule has 0 amide bonds. The van der Waals surface area contributed by atoms with Crippen molar-refractivity contribution in [2.24, 2.45) is 4.99 Å². The average molecular weight is 352 g/mol. The number of aromatic nitrogens is 2. The quantitative estimate of drug-likeness (QED) is 0.554. The summed E-state index contributed by atoms with van der Waals surface area (Å²) in [6.45, 7) is 2.09. The van der Waals surface area contributed by atoms with Gasteiger partial charge in [0, 0.05) is 12.1 Å². The van der Waals surface area contributed by atoms with E-state index < -0.39 is 0 Å². The van der Waals surface area contributed by atoms with Crippen LogP contribution < -0.4 is 5.32 Å². The normalized spacial score (nSPS) is 16.0. The van der Waals surface area contributed by atoms with Crippen LogP contribution >= 0.6 is 0 Å². The third kappa shape index (κ3) is 2.89. The van der Waals surface area contributed by atoms with Gasteiger partial charge in [-0.3, -0.25) is 4.57 Å². The van der Waals surface area contributed by atoms with E-state index in [1.54, 1.807) is 0 Å². The number of rotatable bonds is 2. The second-order valence-electron chi connectivity index (χ2n) is 6.93. The Hall–Kier alpha value is -3.40. The Kier molecular flexibility index (Phi) is 3.75. The van der Waals surface area contributed by atoms with Crippen LogP contribution in [0.4, 0.5) is 5.69 Å². The first kappa shape index (κ1) is 15.8. The molecule has 132 valence electrons. The molecule has 0 bridgehead atoms. The minimum atomic E-state index is 0.0588. The lowest BCUT2D eigenvalue weighted by Gasteiger charge is -2.24. The van der Waals surface area contributed by atoms with Gasteiger partial charge < -0.3 is 5.32 Å². The van der Waals surface area contributed by atoms with E-state index in [1.807, 2.05) is 18.2 Å². The molecule has 1 aromatic heterocycles. The third-order valence-electron chi connectivity index (χ3n) is 4.99. The van der Waals surface area contributed by atoms with E-state index in [4.69, 9.17) is 9.98 Å². The summed E-state index contributed by atoms with van der Waals surface area (Å²) < 4.78 is 2.15. The number of fused-ring (bicyclic) bond motifs is 3. The highest BCUT2D eigenvalue weighted by Crippen LogP contribution is 2.29. The Morgan fingerprint density at radius 1 is 0.889 bits per heavy atom. The molecule has 1 atom stereocenters. The summed E-state index contributed by atoms with van der Waals surface area (Å²) in [5.74, 6) is 1.86. The molecule has 3 aromatic carbocycles. The summed E-state index contributed by atoms with van der Waals surface area (Å²) in [5, 5.41) is 3.52. The largest absolute Gasteiger partial charge is 0.326 e. The summed E-state index contributed by atoms with van der Waals surface area (Å²) in [7, 11) is 0. The lowest BCUT2D eigenvalue weighted by Crippen LogP contribution is -2.29. The highest BCUT2D eigenvalue weighted by molar-refractivity contribution is 6.01. The smallest absolute Gasteiger partial charge is 0.209 e. The van der Waals surface area contributed by atoms with Gasteiger partial charge >= 0.3 is 0 Å². The first-order chi connectivity index (χ1) is 13.3. The van der Waals surface area contributed by atoms with Crippen molar-refractivity contribution in [3.8, 4) is 0 Å². The molecule has 4 heteroatoms. The molecule has 5 rings (SSSR count). The predicted octanol–water partition coefficient (Wildman–Crippen LogP) is 4.96. The summed E-state index contributed by atoms with van der Waals surface area (Å²) in [5.41, 5.74) is 5.55. The minimum absolute atomic E-state index is 0.0588. The molecule has 0 spiro atoms. The Labute approximate surface area is 158 Å². The lowest BCUT2D eigenvalue weighted by atomic mass is 10.0. The molecule has 1 aliphatic rings. The van der Waals surface area contributed by atoms with E-state index in [1.165, 1.54) is 11.1 Å². The molecule has 2 heterocycles. The number of hydrogen-bond donors (Lipinski definition) is 1. The van der Waals surface area contributed by atoms with Gasteiger partial charge in [-0.05, 0) is 36.8 Å². The fraction of sp³-hybridized carbons (Fsp3) is 0.130. The van der Waals surface area contributed by atoms with Crippen molar-refractivity contribution in [2.45, 2.75) is 19.4 Å². The number of nitrogens with one attached hydrogen (secondary N) is 1. The molecule has 0 radical (unpaired) electrons. The van der Waals surface area contributed by atoms with Crippen molar-refractivity contribution in [3.63, 3.8) is 0 Å². The van der Waals surface area contributed by atoms with Crippen LogP contribution in [0.3, 0.4) is 0 Å². The minimum Gasteiger partial charge on any atom is -0.326 e. The topological polar surface area (TPSA) is 42.2 Å². The van der Waals surface area contributed by atoms with Crippen molar-refractivity contribution < 1.29 is 0 Å². The summed E-state index contributed by atoms with van der Waals surface area (Å²) >= 11 is 0. The van der Waals surface area contributed by atoms with Gasteiger partial charge in [0.25, 0.3) is 0 Å². The van der Waals surface area contributed by atoms with Crippen LogP contribution in [0.1, 0.15) is 23.0 Å². The number of aliphatic imine (C=N–C) groups is 1. The maximum absolute atomic E-state index is 5.06. The Balaban J connectivity index is 1.63. The zero-order valence-corrected chi connectivity index (χ0v) is 15.1. The molecule has 0 saturated carbocycles. The van der Waals surface area contributed by atoms with Gasteiger partial charge in [-0.15, -0.1) is 0 Å². The molecular formula is C23H20N4. The van der Waals surface area contributed by atoms with Gasteiger partial charge in [-0.2, -0.15) is 0 Å². The molecule has 0 aliphatic carbocycles. The van der Waals surface area contributed by atoms with Crippen LogP contribution in [0.5, 0.6) is 0 Å². The number of aryl methyl sites for hydroxylation is 1. The maximum Gasteiger partial charge on any atom is 0.209 e.